The first kappa shape index (κ1) is 52.0. The minimum absolute atomic E-state index is 0.00853. The second-order valence-electron chi connectivity index (χ2n) is 18.0. The molecule has 3 aromatic heterocycles. The molecule has 0 saturated carbocycles. The zero-order valence-corrected chi connectivity index (χ0v) is 40.7. The van der Waals surface area contributed by atoms with Gasteiger partial charge in [-0.05, 0) is 54.5 Å². The Morgan fingerprint density at radius 1 is 0.824 bits per heavy atom. The number of aryl methyl sites for hydroxylation is 2. The number of likely N-dealkylation sites (tertiary alicyclic amines) is 1. The molecule has 0 aliphatic carbocycles. The predicted octanol–water partition coefficient (Wildman–Crippen LogP) is 5.04. The van der Waals surface area contributed by atoms with E-state index in [-0.39, 0.29) is 56.4 Å². The summed E-state index contributed by atoms with van der Waals surface area (Å²) < 4.78 is 27.8. The summed E-state index contributed by atoms with van der Waals surface area (Å²) in [6.07, 6.45) is 3.92. The zero-order valence-electron chi connectivity index (χ0n) is 39.8. The number of hydrogen-bond acceptors (Lipinski definition) is 13. The minimum Gasteiger partial charge on any atom is -0.391 e. The van der Waals surface area contributed by atoms with Gasteiger partial charge >= 0.3 is 0 Å². The molecule has 2 aromatic carbocycles. The molecule has 368 valence electrons. The summed E-state index contributed by atoms with van der Waals surface area (Å²) in [5.74, 6) is -1.17. The molecule has 4 unspecified atom stereocenters. The summed E-state index contributed by atoms with van der Waals surface area (Å²) in [6, 6.07) is 13.9. The van der Waals surface area contributed by atoms with Gasteiger partial charge in [-0.15, -0.1) is 11.3 Å². The van der Waals surface area contributed by atoms with Crippen LogP contribution in [0, 0.1) is 12.3 Å². The molecule has 0 spiro atoms. The van der Waals surface area contributed by atoms with Crippen LogP contribution in [0.5, 0.6) is 0 Å². The van der Waals surface area contributed by atoms with Crippen LogP contribution in [-0.4, -0.2) is 146 Å². The number of aliphatic hydroxyl groups is 1. The van der Waals surface area contributed by atoms with Crippen LogP contribution in [0.1, 0.15) is 69.8 Å². The van der Waals surface area contributed by atoms with Crippen molar-refractivity contribution in [3.05, 3.63) is 83.3 Å². The number of rotatable bonds is 27. The average Bonchev–Trinajstić information content (AvgIpc) is 4.05. The van der Waals surface area contributed by atoms with E-state index in [1.54, 1.807) is 17.5 Å². The second-order valence-corrected chi connectivity index (χ2v) is 18.8. The summed E-state index contributed by atoms with van der Waals surface area (Å²) in [6.45, 7) is 13.3. The van der Waals surface area contributed by atoms with Crippen molar-refractivity contribution in [3.63, 3.8) is 0 Å². The smallest absolute Gasteiger partial charge is 0.246 e. The quantitative estimate of drug-likeness (QED) is 0.0438. The molecule has 5 aromatic rings. The van der Waals surface area contributed by atoms with Gasteiger partial charge in [0.1, 0.15) is 12.1 Å². The van der Waals surface area contributed by atoms with E-state index in [0.29, 0.717) is 72.2 Å². The molecule has 1 aliphatic rings. The first-order chi connectivity index (χ1) is 32.8. The number of aromatic nitrogens is 3. The molecule has 6 rings (SSSR count). The van der Waals surface area contributed by atoms with Crippen LogP contribution >= 0.6 is 11.3 Å². The van der Waals surface area contributed by atoms with Crippen molar-refractivity contribution in [3.8, 4) is 10.4 Å². The van der Waals surface area contributed by atoms with E-state index in [2.05, 4.69) is 49.1 Å². The lowest BCUT2D eigenvalue weighted by Gasteiger charge is -2.35. The first-order valence-corrected chi connectivity index (χ1v) is 24.2. The average molecular weight is 958 g/mol. The van der Waals surface area contributed by atoms with Crippen molar-refractivity contribution in [1.82, 2.24) is 35.8 Å². The van der Waals surface area contributed by atoms with Crippen LogP contribution < -0.4 is 16.0 Å². The molecule has 4 heterocycles. The number of pyridine rings is 1. The number of amides is 4. The maximum Gasteiger partial charge on any atom is 0.246 e. The Labute approximate surface area is 402 Å². The van der Waals surface area contributed by atoms with Gasteiger partial charge in [0, 0.05) is 66.6 Å². The monoisotopic (exact) mass is 957 g/mol. The third-order valence-electron chi connectivity index (χ3n) is 11.7. The number of H-pyrrole nitrogens is 1. The number of nitrogens with one attached hydrogen (secondary N) is 4. The molecule has 68 heavy (non-hydrogen) atoms. The van der Waals surface area contributed by atoms with Gasteiger partial charge in [0.05, 0.1) is 94.3 Å². The standard InChI is InChI=1S/C50H67N7O10S/c1-33(36-8-10-37(11-9-36)46-34(2)53-32-68-46)54-48(61)43-29-38(58)31-57(43)49(62)47(50(3,4)5)56-45(60)15-18-63-20-22-65-24-26-67-27-25-66-23-21-64-19-17-52-44(59)13-7-35-6-12-39-40-30-51-16-14-41(40)55-42(39)28-35/h6,8-12,14,16,28,30,32-33,38,43,47,55,58H,7,13,15,17-27,29,31H2,1-5H3,(H,52,59)(H,54,61)(H,56,60). The highest BCUT2D eigenvalue weighted by molar-refractivity contribution is 7.13. The summed E-state index contributed by atoms with van der Waals surface area (Å²) >= 11 is 1.57. The Morgan fingerprint density at radius 3 is 2.13 bits per heavy atom. The van der Waals surface area contributed by atoms with Crippen molar-refractivity contribution in [1.29, 1.82) is 0 Å². The van der Waals surface area contributed by atoms with Gasteiger partial charge in [-0.2, -0.15) is 0 Å². The maximum atomic E-state index is 14.0. The Bertz CT molecular complexity index is 2400. The zero-order chi connectivity index (χ0) is 48.5. The summed E-state index contributed by atoms with van der Waals surface area (Å²) in [5, 5.41) is 21.6. The maximum absolute atomic E-state index is 14.0. The van der Waals surface area contributed by atoms with Gasteiger partial charge in [-0.3, -0.25) is 24.2 Å². The Balaban J connectivity index is 0.753. The van der Waals surface area contributed by atoms with E-state index in [1.165, 1.54) is 4.90 Å². The fourth-order valence-corrected chi connectivity index (χ4v) is 8.76. The highest BCUT2D eigenvalue weighted by atomic mass is 32.1. The number of β-amino-alcohol motifs (C(OH)–C–C–N with tert-alkyl or cyclic N) is 1. The van der Waals surface area contributed by atoms with Gasteiger partial charge in [-0.1, -0.05) is 57.2 Å². The lowest BCUT2D eigenvalue weighted by molar-refractivity contribution is -0.144. The Hall–Kier alpha value is -5.34. The van der Waals surface area contributed by atoms with E-state index in [4.69, 9.17) is 23.7 Å². The summed E-state index contributed by atoms with van der Waals surface area (Å²) in [5.41, 5.74) is 7.23. The molecule has 1 saturated heterocycles. The lowest BCUT2D eigenvalue weighted by atomic mass is 9.85. The molecule has 0 bridgehead atoms. The van der Waals surface area contributed by atoms with E-state index in [9.17, 15) is 24.3 Å². The molecule has 1 aliphatic heterocycles. The third kappa shape index (κ3) is 15.3. The van der Waals surface area contributed by atoms with E-state index >= 15 is 0 Å². The molecular formula is C50H67N7O10S. The van der Waals surface area contributed by atoms with Crippen molar-refractivity contribution in [2.24, 2.45) is 5.41 Å². The van der Waals surface area contributed by atoms with Crippen LogP contribution in [0.25, 0.3) is 32.2 Å². The van der Waals surface area contributed by atoms with Gasteiger partial charge in [0.15, 0.2) is 0 Å². The largest absolute Gasteiger partial charge is 0.391 e. The number of hydrogen-bond donors (Lipinski definition) is 5. The Morgan fingerprint density at radius 2 is 1.49 bits per heavy atom. The van der Waals surface area contributed by atoms with Crippen molar-refractivity contribution in [2.45, 2.75) is 84.5 Å². The van der Waals surface area contributed by atoms with E-state index < -0.39 is 29.5 Å². The molecule has 17 nitrogen and oxygen atoms in total. The van der Waals surface area contributed by atoms with Crippen LogP contribution in [-0.2, 0) is 49.3 Å². The highest BCUT2D eigenvalue weighted by Crippen LogP contribution is 2.30. The van der Waals surface area contributed by atoms with Gasteiger partial charge in [-0.25, -0.2) is 4.98 Å². The molecule has 1 fully saturated rings. The lowest BCUT2D eigenvalue weighted by Crippen LogP contribution is -2.58. The number of ether oxygens (including phenoxy) is 5. The molecule has 4 atom stereocenters. The normalized spacial score (nSPS) is 16.0. The van der Waals surface area contributed by atoms with Gasteiger partial charge < -0.3 is 54.6 Å². The fraction of sp³-hybridized carbons (Fsp3) is 0.520. The van der Waals surface area contributed by atoms with Crippen molar-refractivity contribution >= 4 is 56.8 Å². The van der Waals surface area contributed by atoms with Gasteiger partial charge in [0.25, 0.3) is 0 Å². The number of carbonyl (C=O) groups excluding carboxylic acids is 4. The molecule has 4 amide bonds. The summed E-state index contributed by atoms with van der Waals surface area (Å²) in [7, 11) is 0. The van der Waals surface area contributed by atoms with Crippen LogP contribution in [0.15, 0.2) is 66.4 Å². The molecular weight excluding hydrogens is 891 g/mol. The van der Waals surface area contributed by atoms with Gasteiger partial charge in [0.2, 0.25) is 23.6 Å². The number of aromatic amines is 1. The van der Waals surface area contributed by atoms with Crippen LogP contribution in [0.4, 0.5) is 0 Å². The highest BCUT2D eigenvalue weighted by Gasteiger charge is 2.44. The number of thiazole rings is 1. The van der Waals surface area contributed by atoms with E-state index in [1.807, 2.05) is 76.7 Å². The minimum atomic E-state index is -0.932. The number of nitrogens with zero attached hydrogens (tertiary/aromatic N) is 3. The van der Waals surface area contributed by atoms with Crippen molar-refractivity contribution in [2.75, 3.05) is 79.2 Å². The van der Waals surface area contributed by atoms with Crippen LogP contribution in [0.3, 0.4) is 0 Å². The third-order valence-corrected chi connectivity index (χ3v) is 12.7. The van der Waals surface area contributed by atoms with E-state index in [0.717, 1.165) is 49.1 Å². The van der Waals surface area contributed by atoms with Crippen LogP contribution in [0.2, 0.25) is 0 Å². The number of aliphatic hydroxyl groups excluding tert-OH is 1. The summed E-state index contributed by atoms with van der Waals surface area (Å²) in [4.78, 5) is 67.4. The number of fused-ring (bicyclic) bond motifs is 3. The predicted molar refractivity (Wildman–Crippen MR) is 260 cm³/mol. The topological polar surface area (TPSA) is 216 Å². The SMILES string of the molecule is Cc1ncsc1-c1ccc(C(C)NC(=O)C2CC(O)CN2C(=O)C(NC(=O)CCOCCOCCOCCOCCOCCNC(=O)CCc2ccc3c(c2)[nH]c2ccncc23)C(C)(C)C)cc1. The Kier molecular flexibility index (Phi) is 19.8. The molecule has 5 N–H and O–H groups in total. The number of benzene rings is 2. The molecule has 0 radical (unpaired) electrons. The second kappa shape index (κ2) is 25.9. The molecule has 18 heteroatoms. The number of carbonyl (C=O) groups is 4. The first-order valence-electron chi connectivity index (χ1n) is 23.4. The van der Waals surface area contributed by atoms with Crippen molar-refractivity contribution < 1.29 is 48.0 Å². The fourth-order valence-electron chi connectivity index (χ4n) is 7.95.